The third-order valence-electron chi connectivity index (χ3n) is 3.53. The summed E-state index contributed by atoms with van der Waals surface area (Å²) in [6.45, 7) is 2.68. The maximum absolute atomic E-state index is 13.5. The molecule has 6 heteroatoms. The number of pyridine rings is 1. The van der Waals surface area contributed by atoms with Crippen molar-refractivity contribution >= 4 is 0 Å². The molecule has 3 rings (SSSR count). The molecule has 1 N–H and O–H groups in total. The Morgan fingerprint density at radius 3 is 2.65 bits per heavy atom. The molecule has 0 fully saturated rings. The van der Waals surface area contributed by atoms with Crippen LogP contribution in [0.15, 0.2) is 48.9 Å². The fourth-order valence-electron chi connectivity index (χ4n) is 2.30. The molecule has 0 aliphatic carbocycles. The van der Waals surface area contributed by atoms with Gasteiger partial charge < -0.3 is 5.32 Å². The summed E-state index contributed by atoms with van der Waals surface area (Å²) in [6, 6.07) is 7.28. The molecule has 0 spiro atoms. The minimum atomic E-state index is -0.440. The van der Waals surface area contributed by atoms with Crippen molar-refractivity contribution in [3.05, 3.63) is 77.5 Å². The van der Waals surface area contributed by atoms with Crippen molar-refractivity contribution in [2.24, 2.45) is 0 Å². The Hall–Kier alpha value is -2.60. The molecule has 23 heavy (non-hydrogen) atoms. The number of nitrogens with zero attached hydrogens (tertiary/aromatic N) is 3. The first kappa shape index (κ1) is 15.3. The Morgan fingerprint density at radius 1 is 1.09 bits per heavy atom. The summed E-state index contributed by atoms with van der Waals surface area (Å²) in [5, 5.41) is 3.09. The highest BCUT2D eigenvalue weighted by molar-refractivity contribution is 5.27. The van der Waals surface area contributed by atoms with E-state index in [4.69, 9.17) is 0 Å². The van der Waals surface area contributed by atoms with Crippen molar-refractivity contribution in [3.8, 4) is 5.82 Å². The van der Waals surface area contributed by atoms with E-state index in [-0.39, 0.29) is 6.54 Å². The standard InChI is InChI=1S/C17H16F2N4/c1-12-21-6-7-23(12)17-5-2-13(10-22-17)9-20-11-14-8-15(18)3-4-16(14)19/h2-8,10,20H,9,11H2,1H3. The fourth-order valence-corrected chi connectivity index (χ4v) is 2.30. The van der Waals surface area contributed by atoms with E-state index in [2.05, 4.69) is 15.3 Å². The van der Waals surface area contributed by atoms with Crippen LogP contribution in [-0.2, 0) is 13.1 Å². The lowest BCUT2D eigenvalue weighted by molar-refractivity contribution is 0.568. The van der Waals surface area contributed by atoms with Gasteiger partial charge in [-0.1, -0.05) is 6.07 Å². The van der Waals surface area contributed by atoms with Gasteiger partial charge in [-0.3, -0.25) is 4.57 Å². The molecule has 2 heterocycles. The first-order valence-electron chi connectivity index (χ1n) is 7.23. The molecule has 0 amide bonds. The molecule has 0 saturated heterocycles. The average molecular weight is 314 g/mol. The highest BCUT2D eigenvalue weighted by Crippen LogP contribution is 2.11. The second-order valence-corrected chi connectivity index (χ2v) is 5.21. The van der Waals surface area contributed by atoms with Gasteiger partial charge in [-0.2, -0.15) is 0 Å². The van der Waals surface area contributed by atoms with Crippen LogP contribution in [0, 0.1) is 18.6 Å². The van der Waals surface area contributed by atoms with Crippen LogP contribution in [0.4, 0.5) is 8.78 Å². The van der Waals surface area contributed by atoms with Gasteiger partial charge in [0, 0.05) is 37.2 Å². The predicted molar refractivity (Wildman–Crippen MR) is 83.0 cm³/mol. The van der Waals surface area contributed by atoms with E-state index in [9.17, 15) is 8.78 Å². The molecule has 0 atom stereocenters. The molecule has 0 aliphatic rings. The Labute approximate surface area is 132 Å². The van der Waals surface area contributed by atoms with E-state index in [0.29, 0.717) is 12.1 Å². The zero-order valence-corrected chi connectivity index (χ0v) is 12.6. The third kappa shape index (κ3) is 3.60. The zero-order chi connectivity index (χ0) is 16.2. The molecule has 0 aliphatic heterocycles. The Morgan fingerprint density at radius 2 is 1.96 bits per heavy atom. The first-order valence-corrected chi connectivity index (χ1v) is 7.23. The van der Waals surface area contributed by atoms with E-state index >= 15 is 0 Å². The minimum Gasteiger partial charge on any atom is -0.308 e. The molecule has 2 aromatic heterocycles. The Balaban J connectivity index is 1.61. The maximum Gasteiger partial charge on any atom is 0.137 e. The maximum atomic E-state index is 13.5. The predicted octanol–water partition coefficient (Wildman–Crippen LogP) is 3.14. The monoisotopic (exact) mass is 314 g/mol. The van der Waals surface area contributed by atoms with Crippen molar-refractivity contribution in [1.82, 2.24) is 19.9 Å². The molecule has 0 unspecified atom stereocenters. The molecule has 4 nitrogen and oxygen atoms in total. The van der Waals surface area contributed by atoms with Gasteiger partial charge in [-0.15, -0.1) is 0 Å². The molecular formula is C17H16F2N4. The SMILES string of the molecule is Cc1nccn1-c1ccc(CNCc2cc(F)ccc2F)cn1. The van der Waals surface area contributed by atoms with Gasteiger partial charge in [0.25, 0.3) is 0 Å². The smallest absolute Gasteiger partial charge is 0.137 e. The second kappa shape index (κ2) is 6.66. The topological polar surface area (TPSA) is 42.7 Å². The minimum absolute atomic E-state index is 0.256. The first-order chi connectivity index (χ1) is 11.1. The lowest BCUT2D eigenvalue weighted by Crippen LogP contribution is -2.14. The van der Waals surface area contributed by atoms with Crippen LogP contribution in [0.5, 0.6) is 0 Å². The highest BCUT2D eigenvalue weighted by atomic mass is 19.1. The number of hydrogen-bond donors (Lipinski definition) is 1. The molecule has 0 bridgehead atoms. The molecule has 0 radical (unpaired) electrons. The largest absolute Gasteiger partial charge is 0.308 e. The van der Waals surface area contributed by atoms with E-state index < -0.39 is 11.6 Å². The van der Waals surface area contributed by atoms with Gasteiger partial charge in [-0.05, 0) is 36.8 Å². The number of aromatic nitrogens is 3. The summed E-state index contributed by atoms with van der Waals surface area (Å²) >= 11 is 0. The van der Waals surface area contributed by atoms with Crippen LogP contribution in [0.25, 0.3) is 5.82 Å². The van der Waals surface area contributed by atoms with E-state index in [1.165, 1.54) is 6.07 Å². The quantitative estimate of drug-likeness (QED) is 0.787. The Bertz CT molecular complexity index is 797. The van der Waals surface area contributed by atoms with Crippen molar-refractivity contribution in [3.63, 3.8) is 0 Å². The number of benzene rings is 1. The average Bonchev–Trinajstić information content (AvgIpc) is 2.97. The van der Waals surface area contributed by atoms with Crippen LogP contribution < -0.4 is 5.32 Å². The van der Waals surface area contributed by atoms with Gasteiger partial charge in [0.05, 0.1) is 0 Å². The summed E-state index contributed by atoms with van der Waals surface area (Å²) in [4.78, 5) is 8.55. The van der Waals surface area contributed by atoms with Crippen molar-refractivity contribution in [1.29, 1.82) is 0 Å². The summed E-state index contributed by atoms with van der Waals surface area (Å²) < 4.78 is 28.5. The lowest BCUT2D eigenvalue weighted by Gasteiger charge is -2.08. The van der Waals surface area contributed by atoms with Crippen molar-refractivity contribution < 1.29 is 8.78 Å². The molecule has 1 aromatic carbocycles. The summed E-state index contributed by atoms with van der Waals surface area (Å²) in [5.74, 6) is 0.803. The van der Waals surface area contributed by atoms with Gasteiger partial charge in [0.2, 0.25) is 0 Å². The molecule has 0 saturated carbocycles. The molecule has 3 aromatic rings. The van der Waals surface area contributed by atoms with Gasteiger partial charge >= 0.3 is 0 Å². The van der Waals surface area contributed by atoms with Gasteiger partial charge in [-0.25, -0.2) is 18.7 Å². The summed E-state index contributed by atoms with van der Waals surface area (Å²) in [7, 11) is 0. The van der Waals surface area contributed by atoms with Crippen LogP contribution >= 0.6 is 0 Å². The van der Waals surface area contributed by atoms with E-state index in [1.54, 1.807) is 12.4 Å². The number of aryl methyl sites for hydroxylation is 1. The lowest BCUT2D eigenvalue weighted by atomic mass is 10.2. The Kier molecular flexibility index (Phi) is 4.43. The summed E-state index contributed by atoms with van der Waals surface area (Å²) in [5.41, 5.74) is 1.27. The van der Waals surface area contributed by atoms with Crippen LogP contribution in [0.1, 0.15) is 17.0 Å². The molecule has 118 valence electrons. The molecular weight excluding hydrogens is 298 g/mol. The highest BCUT2D eigenvalue weighted by Gasteiger charge is 2.04. The van der Waals surface area contributed by atoms with Gasteiger partial charge in [0.15, 0.2) is 0 Å². The van der Waals surface area contributed by atoms with E-state index in [0.717, 1.165) is 29.3 Å². The number of nitrogens with one attached hydrogen (secondary N) is 1. The van der Waals surface area contributed by atoms with Crippen LogP contribution in [-0.4, -0.2) is 14.5 Å². The fraction of sp³-hybridized carbons (Fsp3) is 0.176. The number of rotatable bonds is 5. The van der Waals surface area contributed by atoms with Crippen molar-refractivity contribution in [2.45, 2.75) is 20.0 Å². The second-order valence-electron chi connectivity index (χ2n) is 5.21. The van der Waals surface area contributed by atoms with E-state index in [1.807, 2.05) is 29.8 Å². The normalized spacial score (nSPS) is 10.9. The number of imidazole rings is 1. The van der Waals surface area contributed by atoms with Crippen LogP contribution in [0.3, 0.4) is 0 Å². The zero-order valence-electron chi connectivity index (χ0n) is 12.6. The van der Waals surface area contributed by atoms with Crippen molar-refractivity contribution in [2.75, 3.05) is 0 Å². The number of halogens is 2. The van der Waals surface area contributed by atoms with Gasteiger partial charge in [0.1, 0.15) is 23.3 Å². The van der Waals surface area contributed by atoms with Crippen LogP contribution in [0.2, 0.25) is 0 Å². The third-order valence-corrected chi connectivity index (χ3v) is 3.53. The number of hydrogen-bond acceptors (Lipinski definition) is 3. The summed E-state index contributed by atoms with van der Waals surface area (Å²) in [6.07, 6.45) is 5.33.